The van der Waals surface area contributed by atoms with Gasteiger partial charge in [-0.1, -0.05) is 11.3 Å². The van der Waals surface area contributed by atoms with Crippen molar-refractivity contribution in [3.05, 3.63) is 41.1 Å². The number of fused-ring (bicyclic) bond motifs is 2. The van der Waals surface area contributed by atoms with E-state index < -0.39 is 21.5 Å². The van der Waals surface area contributed by atoms with E-state index in [-0.39, 0.29) is 17.0 Å². The summed E-state index contributed by atoms with van der Waals surface area (Å²) in [4.78, 5) is 8.43. The number of hydrogen-bond donors (Lipinski definition) is 0. The number of sulfone groups is 1. The molecule has 4 heterocycles. The molecule has 2 aliphatic heterocycles. The van der Waals surface area contributed by atoms with Crippen molar-refractivity contribution < 1.29 is 17.2 Å². The van der Waals surface area contributed by atoms with E-state index in [0.29, 0.717) is 48.2 Å². The third kappa shape index (κ3) is 3.52. The molecule has 0 radical (unpaired) electrons. The molecule has 2 aliphatic rings. The second-order valence-corrected chi connectivity index (χ2v) is 10.4. The molecule has 7 nitrogen and oxygen atoms in total. The van der Waals surface area contributed by atoms with Crippen molar-refractivity contribution in [1.29, 1.82) is 0 Å². The molecule has 0 saturated carbocycles. The average molecular weight is 437 g/mol. The highest BCUT2D eigenvalue weighted by Crippen LogP contribution is 2.32. The number of piperazine rings is 1. The van der Waals surface area contributed by atoms with E-state index in [9.17, 15) is 17.2 Å². The van der Waals surface area contributed by atoms with E-state index in [1.165, 1.54) is 17.4 Å². The topological polar surface area (TPSA) is 79.3 Å². The molecule has 11 heteroatoms. The Morgan fingerprint density at radius 2 is 1.76 bits per heavy atom. The van der Waals surface area contributed by atoms with Crippen molar-refractivity contribution in [3.63, 3.8) is 0 Å². The van der Waals surface area contributed by atoms with Crippen LogP contribution in [0, 0.1) is 11.6 Å². The quantitative estimate of drug-likeness (QED) is 0.608. The number of thiazole rings is 1. The van der Waals surface area contributed by atoms with Gasteiger partial charge in [-0.3, -0.25) is 0 Å². The molecule has 0 bridgehead atoms. The molecule has 0 N–H and O–H groups in total. The van der Waals surface area contributed by atoms with Crippen LogP contribution in [-0.2, 0) is 22.0 Å². The lowest BCUT2D eigenvalue weighted by Gasteiger charge is -2.35. The summed E-state index contributed by atoms with van der Waals surface area (Å²) in [6.07, 6.45) is 0.410. The van der Waals surface area contributed by atoms with Crippen LogP contribution in [0.15, 0.2) is 18.2 Å². The van der Waals surface area contributed by atoms with Gasteiger partial charge in [0.15, 0.2) is 26.6 Å². The van der Waals surface area contributed by atoms with Gasteiger partial charge in [0.25, 0.3) is 0 Å². The Bertz CT molecular complexity index is 1210. The molecule has 152 valence electrons. The van der Waals surface area contributed by atoms with Crippen molar-refractivity contribution in [1.82, 2.24) is 15.2 Å². The normalized spacial score (nSPS) is 18.8. The first-order valence-electron chi connectivity index (χ1n) is 9.19. The lowest BCUT2D eigenvalue weighted by Crippen LogP contribution is -2.47. The standard InChI is InChI=1S/C18H17F2N5O2S2/c19-12-8-13(20)17-15(9-12)28-18(21-17)25-4-2-24(3-5-25)16-7-11-10-29(26,27)6-1-14(11)22-23-16/h7-9H,1-6,10H2. The molecule has 0 amide bonds. The summed E-state index contributed by atoms with van der Waals surface area (Å²) in [6.45, 7) is 2.57. The second-order valence-electron chi connectivity index (χ2n) is 7.22. The molecule has 1 saturated heterocycles. The van der Waals surface area contributed by atoms with Crippen LogP contribution >= 0.6 is 11.3 Å². The third-order valence-electron chi connectivity index (χ3n) is 5.25. The molecule has 0 unspecified atom stereocenters. The van der Waals surface area contributed by atoms with Crippen LogP contribution in [0.3, 0.4) is 0 Å². The van der Waals surface area contributed by atoms with Gasteiger partial charge in [-0.15, -0.1) is 5.10 Å². The summed E-state index contributed by atoms with van der Waals surface area (Å²) < 4.78 is 51.6. The molecule has 2 aromatic heterocycles. The van der Waals surface area contributed by atoms with Crippen LogP contribution in [-0.4, -0.2) is 55.5 Å². The molecular weight excluding hydrogens is 420 g/mol. The Hall–Kier alpha value is -2.40. The SMILES string of the molecule is O=S1(=O)CCc2nnc(N3CCN(c4nc5c(F)cc(F)cc5s4)CC3)cc2C1. The van der Waals surface area contributed by atoms with Gasteiger partial charge in [-0.25, -0.2) is 22.2 Å². The number of aromatic nitrogens is 3. The van der Waals surface area contributed by atoms with Gasteiger partial charge in [0.2, 0.25) is 0 Å². The smallest absolute Gasteiger partial charge is 0.186 e. The number of aryl methyl sites for hydroxylation is 1. The van der Waals surface area contributed by atoms with Crippen LogP contribution in [0.25, 0.3) is 10.2 Å². The minimum absolute atomic E-state index is 0.0125. The molecule has 0 spiro atoms. The minimum Gasteiger partial charge on any atom is -0.352 e. The molecule has 29 heavy (non-hydrogen) atoms. The Kier molecular flexibility index (Phi) is 4.39. The highest BCUT2D eigenvalue weighted by atomic mass is 32.2. The third-order valence-corrected chi connectivity index (χ3v) is 7.89. The van der Waals surface area contributed by atoms with Crippen LogP contribution in [0.4, 0.5) is 19.7 Å². The van der Waals surface area contributed by atoms with E-state index in [0.717, 1.165) is 17.3 Å². The first-order valence-corrected chi connectivity index (χ1v) is 11.8. The zero-order valence-corrected chi connectivity index (χ0v) is 16.9. The molecule has 5 rings (SSSR count). The number of benzene rings is 1. The van der Waals surface area contributed by atoms with Crippen molar-refractivity contribution in [2.45, 2.75) is 12.2 Å². The Morgan fingerprint density at radius 1 is 1.00 bits per heavy atom. The number of rotatable bonds is 2. The van der Waals surface area contributed by atoms with Gasteiger partial charge >= 0.3 is 0 Å². The molecule has 0 aliphatic carbocycles. The molecule has 1 fully saturated rings. The Labute approximate surface area is 169 Å². The van der Waals surface area contributed by atoms with Crippen LogP contribution in [0.5, 0.6) is 0 Å². The Balaban J connectivity index is 1.33. The number of nitrogens with zero attached hydrogens (tertiary/aromatic N) is 5. The highest BCUT2D eigenvalue weighted by Gasteiger charge is 2.26. The average Bonchev–Trinajstić information content (AvgIpc) is 3.11. The fourth-order valence-electron chi connectivity index (χ4n) is 3.70. The minimum atomic E-state index is -3.07. The Morgan fingerprint density at radius 3 is 2.55 bits per heavy atom. The summed E-state index contributed by atoms with van der Waals surface area (Å²) in [6, 6.07) is 3.97. The first-order chi connectivity index (χ1) is 13.9. The lowest BCUT2D eigenvalue weighted by atomic mass is 10.2. The lowest BCUT2D eigenvalue weighted by molar-refractivity contribution is 0.589. The number of hydrogen-bond acceptors (Lipinski definition) is 8. The highest BCUT2D eigenvalue weighted by molar-refractivity contribution is 7.90. The van der Waals surface area contributed by atoms with Crippen molar-refractivity contribution in [2.24, 2.45) is 0 Å². The van der Waals surface area contributed by atoms with Crippen molar-refractivity contribution in [2.75, 3.05) is 41.7 Å². The van der Waals surface area contributed by atoms with Gasteiger partial charge in [-0.2, -0.15) is 5.10 Å². The van der Waals surface area contributed by atoms with Crippen LogP contribution < -0.4 is 9.80 Å². The molecule has 0 atom stereocenters. The zero-order chi connectivity index (χ0) is 20.2. The van der Waals surface area contributed by atoms with E-state index >= 15 is 0 Å². The summed E-state index contributed by atoms with van der Waals surface area (Å²) >= 11 is 1.27. The maximum atomic E-state index is 13.9. The van der Waals surface area contributed by atoms with E-state index in [4.69, 9.17) is 0 Å². The molecular formula is C18H17F2N5O2S2. The van der Waals surface area contributed by atoms with Crippen LogP contribution in [0.1, 0.15) is 11.3 Å². The van der Waals surface area contributed by atoms with Gasteiger partial charge in [0, 0.05) is 38.7 Å². The monoisotopic (exact) mass is 437 g/mol. The van der Waals surface area contributed by atoms with Gasteiger partial charge in [0.1, 0.15) is 11.3 Å². The van der Waals surface area contributed by atoms with E-state index in [1.807, 2.05) is 11.0 Å². The van der Waals surface area contributed by atoms with Crippen LogP contribution in [0.2, 0.25) is 0 Å². The number of halogens is 2. The summed E-state index contributed by atoms with van der Waals surface area (Å²) in [7, 11) is -3.07. The van der Waals surface area contributed by atoms with E-state index in [2.05, 4.69) is 20.1 Å². The van der Waals surface area contributed by atoms with Crippen molar-refractivity contribution >= 4 is 42.3 Å². The fraction of sp³-hybridized carbons (Fsp3) is 0.389. The first kappa shape index (κ1) is 18.6. The predicted molar refractivity (Wildman–Crippen MR) is 107 cm³/mol. The molecule has 3 aromatic rings. The number of anilines is 2. The maximum absolute atomic E-state index is 13.9. The summed E-state index contributed by atoms with van der Waals surface area (Å²) in [5.74, 6) is -0.459. The largest absolute Gasteiger partial charge is 0.352 e. The second kappa shape index (κ2) is 6.84. The van der Waals surface area contributed by atoms with Gasteiger partial charge in [0.05, 0.1) is 21.9 Å². The summed E-state index contributed by atoms with van der Waals surface area (Å²) in [5, 5.41) is 9.16. The molecule has 1 aromatic carbocycles. The predicted octanol–water partition coefficient (Wildman–Crippen LogP) is 2.16. The fourth-order valence-corrected chi connectivity index (χ4v) is 6.13. The van der Waals surface area contributed by atoms with Gasteiger partial charge < -0.3 is 9.80 Å². The zero-order valence-electron chi connectivity index (χ0n) is 15.3. The van der Waals surface area contributed by atoms with Crippen molar-refractivity contribution in [3.8, 4) is 0 Å². The summed E-state index contributed by atoms with van der Waals surface area (Å²) in [5.41, 5.74) is 1.67. The van der Waals surface area contributed by atoms with Gasteiger partial charge in [-0.05, 0) is 17.7 Å². The maximum Gasteiger partial charge on any atom is 0.186 e. The van der Waals surface area contributed by atoms with E-state index in [1.54, 1.807) is 0 Å².